The normalized spacial score (nSPS) is 10.9. The number of carboxylic acids is 1. The number of carbonyl (C=O) groups is 1. The van der Waals surface area contributed by atoms with Crippen molar-refractivity contribution in [3.8, 4) is 45.8 Å². The lowest BCUT2D eigenvalue weighted by atomic mass is 10.0. The molecule has 0 spiro atoms. The summed E-state index contributed by atoms with van der Waals surface area (Å²) in [4.78, 5) is 25.3. The molecule has 0 saturated carbocycles. The van der Waals surface area contributed by atoms with Gasteiger partial charge in [0.25, 0.3) is 0 Å². The molecule has 0 saturated heterocycles. The predicted octanol–water partition coefficient (Wildman–Crippen LogP) is 5.12. The highest BCUT2D eigenvalue weighted by Gasteiger charge is 2.26. The molecule has 0 aromatic carbocycles. The third-order valence-electron chi connectivity index (χ3n) is 6.12. The SMILES string of the molecule is CCOc1cc(C(=O)O)nc(OCC)c1-c1cn(-c2ncccc2C#N)c2ncc(-c3c(C)noc3C)cc12. The summed E-state index contributed by atoms with van der Waals surface area (Å²) in [6.45, 7) is 7.79. The summed E-state index contributed by atoms with van der Waals surface area (Å²) in [5.74, 6) is 0.213. The zero-order chi connectivity index (χ0) is 27.7. The Morgan fingerprint density at radius 1 is 1.15 bits per heavy atom. The van der Waals surface area contributed by atoms with Gasteiger partial charge in [0.1, 0.15) is 23.2 Å². The second-order valence-corrected chi connectivity index (χ2v) is 8.55. The van der Waals surface area contributed by atoms with Gasteiger partial charge in [-0.15, -0.1) is 0 Å². The summed E-state index contributed by atoms with van der Waals surface area (Å²) in [7, 11) is 0. The van der Waals surface area contributed by atoms with Crippen molar-refractivity contribution in [3.63, 3.8) is 0 Å². The van der Waals surface area contributed by atoms with E-state index in [9.17, 15) is 15.2 Å². The van der Waals surface area contributed by atoms with Crippen LogP contribution < -0.4 is 9.47 Å². The molecule has 5 rings (SSSR count). The fourth-order valence-corrected chi connectivity index (χ4v) is 4.54. The highest BCUT2D eigenvalue weighted by atomic mass is 16.5. The van der Waals surface area contributed by atoms with Crippen molar-refractivity contribution >= 4 is 17.0 Å². The summed E-state index contributed by atoms with van der Waals surface area (Å²) in [5.41, 5.74) is 4.02. The molecule has 11 heteroatoms. The van der Waals surface area contributed by atoms with Gasteiger partial charge in [0.2, 0.25) is 5.88 Å². The third kappa shape index (κ3) is 4.42. The number of aromatic nitrogens is 5. The highest BCUT2D eigenvalue weighted by Crippen LogP contribution is 2.44. The number of pyridine rings is 3. The van der Waals surface area contributed by atoms with Crippen LogP contribution >= 0.6 is 0 Å². The van der Waals surface area contributed by atoms with Crippen molar-refractivity contribution in [2.45, 2.75) is 27.7 Å². The molecular formula is C28H24N6O5. The second kappa shape index (κ2) is 10.3. The number of nitriles is 1. The minimum Gasteiger partial charge on any atom is -0.493 e. The van der Waals surface area contributed by atoms with Crippen LogP contribution in [0, 0.1) is 25.2 Å². The van der Waals surface area contributed by atoms with E-state index in [4.69, 9.17) is 19.0 Å². The van der Waals surface area contributed by atoms with E-state index in [2.05, 4.69) is 21.2 Å². The molecule has 0 unspecified atom stereocenters. The minimum absolute atomic E-state index is 0.101. The summed E-state index contributed by atoms with van der Waals surface area (Å²) >= 11 is 0. The molecular weight excluding hydrogens is 500 g/mol. The van der Waals surface area contributed by atoms with Gasteiger partial charge in [0.15, 0.2) is 11.5 Å². The van der Waals surface area contributed by atoms with Crippen LogP contribution in [0.25, 0.3) is 39.1 Å². The Kier molecular flexibility index (Phi) is 6.68. The van der Waals surface area contributed by atoms with E-state index in [0.29, 0.717) is 45.0 Å². The number of carboxylic acid groups (broad SMARTS) is 1. The maximum atomic E-state index is 11.8. The van der Waals surface area contributed by atoms with Crippen LogP contribution in [0.5, 0.6) is 11.6 Å². The fourth-order valence-electron chi connectivity index (χ4n) is 4.54. The van der Waals surface area contributed by atoms with Crippen LogP contribution in [0.15, 0.2) is 47.4 Å². The molecule has 0 fully saturated rings. The Morgan fingerprint density at radius 2 is 1.95 bits per heavy atom. The molecule has 0 atom stereocenters. The van der Waals surface area contributed by atoms with Gasteiger partial charge < -0.3 is 19.1 Å². The largest absolute Gasteiger partial charge is 0.493 e. The number of rotatable bonds is 8. The molecule has 11 nitrogen and oxygen atoms in total. The van der Waals surface area contributed by atoms with E-state index < -0.39 is 5.97 Å². The van der Waals surface area contributed by atoms with Gasteiger partial charge in [0, 0.05) is 46.7 Å². The van der Waals surface area contributed by atoms with Crippen LogP contribution in [0.1, 0.15) is 41.4 Å². The Morgan fingerprint density at radius 3 is 2.62 bits per heavy atom. The average Bonchev–Trinajstić information content (AvgIpc) is 3.47. The summed E-state index contributed by atoms with van der Waals surface area (Å²) < 4.78 is 18.9. The molecule has 5 aromatic heterocycles. The number of aromatic carboxylic acids is 1. The van der Waals surface area contributed by atoms with Crippen molar-refractivity contribution in [1.82, 2.24) is 24.7 Å². The number of nitrogens with zero attached hydrogens (tertiary/aromatic N) is 6. The van der Waals surface area contributed by atoms with E-state index in [1.807, 2.05) is 19.9 Å². The van der Waals surface area contributed by atoms with Crippen LogP contribution in [-0.2, 0) is 0 Å². The van der Waals surface area contributed by atoms with Gasteiger partial charge in [-0.2, -0.15) is 5.26 Å². The Balaban J connectivity index is 1.89. The number of ether oxygens (including phenoxy) is 2. The van der Waals surface area contributed by atoms with Gasteiger partial charge in [-0.3, -0.25) is 4.57 Å². The molecule has 1 N–H and O–H groups in total. The maximum absolute atomic E-state index is 11.8. The molecule has 196 valence electrons. The van der Waals surface area contributed by atoms with Crippen molar-refractivity contribution in [1.29, 1.82) is 5.26 Å². The zero-order valence-corrected chi connectivity index (χ0v) is 21.7. The predicted molar refractivity (Wildman–Crippen MR) is 141 cm³/mol. The van der Waals surface area contributed by atoms with Crippen LogP contribution in [0.4, 0.5) is 0 Å². The smallest absolute Gasteiger partial charge is 0.354 e. The quantitative estimate of drug-likeness (QED) is 0.290. The monoisotopic (exact) mass is 524 g/mol. The van der Waals surface area contributed by atoms with Crippen molar-refractivity contribution < 1.29 is 23.9 Å². The zero-order valence-electron chi connectivity index (χ0n) is 21.7. The number of aryl methyl sites for hydroxylation is 2. The Bertz CT molecular complexity index is 1720. The molecule has 5 aromatic rings. The molecule has 0 aliphatic rings. The molecule has 0 aliphatic carbocycles. The van der Waals surface area contributed by atoms with E-state index in [-0.39, 0.29) is 30.5 Å². The lowest BCUT2D eigenvalue weighted by Gasteiger charge is -2.15. The summed E-state index contributed by atoms with van der Waals surface area (Å²) in [6.07, 6.45) is 5.09. The van der Waals surface area contributed by atoms with Crippen LogP contribution in [0.3, 0.4) is 0 Å². The first-order valence-electron chi connectivity index (χ1n) is 12.2. The van der Waals surface area contributed by atoms with E-state index in [1.165, 1.54) is 6.07 Å². The lowest BCUT2D eigenvalue weighted by Crippen LogP contribution is -2.07. The van der Waals surface area contributed by atoms with E-state index in [0.717, 1.165) is 11.1 Å². The first kappa shape index (κ1) is 25.4. The third-order valence-corrected chi connectivity index (χ3v) is 6.12. The van der Waals surface area contributed by atoms with E-state index in [1.54, 1.807) is 49.1 Å². The van der Waals surface area contributed by atoms with Gasteiger partial charge >= 0.3 is 5.97 Å². The first-order chi connectivity index (χ1) is 18.9. The minimum atomic E-state index is -1.21. The number of hydrogen-bond donors (Lipinski definition) is 1. The van der Waals surface area contributed by atoms with Gasteiger partial charge in [-0.1, -0.05) is 5.16 Å². The van der Waals surface area contributed by atoms with Crippen molar-refractivity contribution in [2.75, 3.05) is 13.2 Å². The fraction of sp³-hybridized carbons (Fsp3) is 0.214. The first-order valence-corrected chi connectivity index (χ1v) is 12.2. The molecule has 0 amide bonds. The molecule has 0 aliphatic heterocycles. The lowest BCUT2D eigenvalue weighted by molar-refractivity contribution is 0.0688. The van der Waals surface area contributed by atoms with Gasteiger partial charge in [0.05, 0.1) is 30.0 Å². The van der Waals surface area contributed by atoms with Gasteiger partial charge in [-0.25, -0.2) is 19.7 Å². The van der Waals surface area contributed by atoms with Crippen LogP contribution in [-0.4, -0.2) is 49.0 Å². The highest BCUT2D eigenvalue weighted by molar-refractivity contribution is 6.01. The van der Waals surface area contributed by atoms with Crippen molar-refractivity contribution in [3.05, 3.63) is 65.6 Å². The molecule has 0 radical (unpaired) electrons. The summed E-state index contributed by atoms with van der Waals surface area (Å²) in [5, 5.41) is 24.2. The number of hydrogen-bond acceptors (Lipinski definition) is 9. The molecule has 39 heavy (non-hydrogen) atoms. The topological polar surface area (TPSA) is 149 Å². The Hall–Kier alpha value is -5.24. The Labute approximate surface area is 223 Å². The molecule has 5 heterocycles. The summed E-state index contributed by atoms with van der Waals surface area (Å²) in [6, 6.07) is 8.85. The molecule has 0 bridgehead atoms. The second-order valence-electron chi connectivity index (χ2n) is 8.55. The van der Waals surface area contributed by atoms with Gasteiger partial charge in [-0.05, 0) is 45.9 Å². The standard InChI is InChI=1S/C28H24N6O5/c1-5-37-22-11-21(28(35)36)32-27(38-6-2)24(22)20-14-34(25-17(12-29)8-7-9-30-25)26-19(20)10-18(13-31-26)23-15(3)33-39-16(23)4/h7-11,13-14H,5-6H2,1-4H3,(H,35,36). The number of fused-ring (bicyclic) bond motifs is 1. The van der Waals surface area contributed by atoms with Crippen molar-refractivity contribution in [2.24, 2.45) is 0 Å². The van der Waals surface area contributed by atoms with E-state index >= 15 is 0 Å². The van der Waals surface area contributed by atoms with Crippen LogP contribution in [0.2, 0.25) is 0 Å². The average molecular weight is 525 g/mol. The maximum Gasteiger partial charge on any atom is 0.354 e.